The highest BCUT2D eigenvalue weighted by atomic mass is 35.5. The zero-order valence-corrected chi connectivity index (χ0v) is 15.4. The van der Waals surface area contributed by atoms with E-state index in [9.17, 15) is 22.0 Å². The topological polar surface area (TPSA) is 66.5 Å². The fraction of sp³-hybridized carbons (Fsp3) is 0.235. The number of sulfonamides is 1. The van der Waals surface area contributed by atoms with Gasteiger partial charge in [0, 0.05) is 18.7 Å². The third-order valence-electron chi connectivity index (χ3n) is 3.48. The summed E-state index contributed by atoms with van der Waals surface area (Å²) in [4.78, 5) is 12.0. The zero-order valence-electron chi connectivity index (χ0n) is 13.9. The molecule has 1 N–H and O–H groups in total. The minimum atomic E-state index is -3.58. The minimum absolute atomic E-state index is 0.0439. The third-order valence-corrected chi connectivity index (χ3v) is 4.97. The Bertz CT molecular complexity index is 889. The first kappa shape index (κ1) is 20.1. The monoisotopic (exact) mass is 402 g/mol. The van der Waals surface area contributed by atoms with Crippen molar-refractivity contribution in [3.05, 3.63) is 59.1 Å². The van der Waals surface area contributed by atoms with Gasteiger partial charge in [0.15, 0.2) is 0 Å². The summed E-state index contributed by atoms with van der Waals surface area (Å²) in [7, 11) is -3.58. The lowest BCUT2D eigenvalue weighted by Gasteiger charge is -2.22. The molecule has 0 spiro atoms. The van der Waals surface area contributed by atoms with Crippen LogP contribution in [0.5, 0.6) is 0 Å². The van der Waals surface area contributed by atoms with E-state index in [-0.39, 0.29) is 30.3 Å². The number of nitrogens with one attached hydrogen (secondary N) is 1. The van der Waals surface area contributed by atoms with Crippen molar-refractivity contribution in [1.29, 1.82) is 0 Å². The van der Waals surface area contributed by atoms with Crippen LogP contribution in [0, 0.1) is 11.6 Å². The van der Waals surface area contributed by atoms with E-state index in [4.69, 9.17) is 11.6 Å². The Morgan fingerprint density at radius 2 is 1.81 bits per heavy atom. The number of carbonyl (C=O) groups excluding carboxylic acids is 1. The van der Waals surface area contributed by atoms with Gasteiger partial charge in [0.1, 0.15) is 11.6 Å². The van der Waals surface area contributed by atoms with E-state index in [1.807, 2.05) is 0 Å². The van der Waals surface area contributed by atoms with Crippen LogP contribution in [0.1, 0.15) is 12.8 Å². The Morgan fingerprint density at radius 1 is 1.15 bits per heavy atom. The van der Waals surface area contributed by atoms with Crippen molar-refractivity contribution < 1.29 is 22.0 Å². The van der Waals surface area contributed by atoms with E-state index >= 15 is 0 Å². The first-order chi connectivity index (χ1) is 12.2. The van der Waals surface area contributed by atoms with Crippen molar-refractivity contribution >= 4 is 38.9 Å². The van der Waals surface area contributed by atoms with E-state index < -0.39 is 21.7 Å². The lowest BCUT2D eigenvalue weighted by molar-refractivity contribution is -0.116. The van der Waals surface area contributed by atoms with Gasteiger partial charge in [-0.3, -0.25) is 9.10 Å². The molecule has 140 valence electrons. The molecule has 0 radical (unpaired) electrons. The molecule has 2 rings (SSSR count). The molecule has 0 atom stereocenters. The normalized spacial score (nSPS) is 11.2. The molecule has 0 saturated carbocycles. The summed E-state index contributed by atoms with van der Waals surface area (Å²) in [6.45, 7) is 0.0576. The van der Waals surface area contributed by atoms with Gasteiger partial charge < -0.3 is 5.32 Å². The molecule has 0 aliphatic carbocycles. The van der Waals surface area contributed by atoms with E-state index in [2.05, 4.69) is 5.32 Å². The fourth-order valence-electron chi connectivity index (χ4n) is 2.27. The third kappa shape index (κ3) is 5.67. The molecule has 2 aromatic carbocycles. The van der Waals surface area contributed by atoms with Crippen LogP contribution < -0.4 is 9.62 Å². The first-order valence-electron chi connectivity index (χ1n) is 7.65. The fourth-order valence-corrected chi connectivity index (χ4v) is 3.42. The SMILES string of the molecule is CS(=O)(=O)N(CCCC(=O)Nc1ccc(F)c(Cl)c1)c1ccc(F)cc1. The van der Waals surface area contributed by atoms with Crippen LogP contribution in [0.4, 0.5) is 20.2 Å². The number of hydrogen-bond donors (Lipinski definition) is 1. The molecular formula is C17H17ClF2N2O3S. The van der Waals surface area contributed by atoms with Crippen LogP contribution in [0.25, 0.3) is 0 Å². The van der Waals surface area contributed by atoms with Crippen molar-refractivity contribution in [2.75, 3.05) is 22.4 Å². The Kier molecular flexibility index (Phi) is 6.55. The molecule has 1 amide bonds. The minimum Gasteiger partial charge on any atom is -0.326 e. The molecule has 9 heteroatoms. The molecule has 0 fully saturated rings. The van der Waals surface area contributed by atoms with E-state index in [0.29, 0.717) is 11.4 Å². The number of amides is 1. The molecule has 5 nitrogen and oxygen atoms in total. The summed E-state index contributed by atoms with van der Waals surface area (Å²) in [5.74, 6) is -1.42. The molecule has 0 heterocycles. The maximum Gasteiger partial charge on any atom is 0.232 e. The molecule has 2 aromatic rings. The molecule has 0 aromatic heterocycles. The number of hydrogen-bond acceptors (Lipinski definition) is 3. The van der Waals surface area contributed by atoms with E-state index in [1.54, 1.807) is 0 Å². The van der Waals surface area contributed by atoms with Gasteiger partial charge in [-0.1, -0.05) is 11.6 Å². The molecule has 0 aliphatic heterocycles. The molecule has 0 bridgehead atoms. The number of nitrogens with zero attached hydrogens (tertiary/aromatic N) is 1. The van der Waals surface area contributed by atoms with Crippen LogP contribution >= 0.6 is 11.6 Å². The molecule has 26 heavy (non-hydrogen) atoms. The van der Waals surface area contributed by atoms with Crippen molar-refractivity contribution in [2.24, 2.45) is 0 Å². The Hall–Kier alpha value is -2.19. The number of rotatable bonds is 7. The highest BCUT2D eigenvalue weighted by molar-refractivity contribution is 7.92. The van der Waals surface area contributed by atoms with Crippen LogP contribution in [-0.2, 0) is 14.8 Å². The predicted molar refractivity (Wildman–Crippen MR) is 97.9 cm³/mol. The smallest absolute Gasteiger partial charge is 0.232 e. The maximum absolute atomic E-state index is 13.1. The van der Waals surface area contributed by atoms with Gasteiger partial charge in [-0.05, 0) is 48.9 Å². The van der Waals surface area contributed by atoms with Crippen LogP contribution in [-0.4, -0.2) is 27.1 Å². The van der Waals surface area contributed by atoms with Gasteiger partial charge in [0.05, 0.1) is 17.0 Å². The summed E-state index contributed by atoms with van der Waals surface area (Å²) in [6, 6.07) is 8.85. The van der Waals surface area contributed by atoms with Gasteiger partial charge in [0.25, 0.3) is 0 Å². The molecule has 0 saturated heterocycles. The number of benzene rings is 2. The van der Waals surface area contributed by atoms with Gasteiger partial charge in [-0.15, -0.1) is 0 Å². The summed E-state index contributed by atoms with van der Waals surface area (Å²) in [6.07, 6.45) is 1.32. The van der Waals surface area contributed by atoms with Gasteiger partial charge in [-0.2, -0.15) is 0 Å². The Balaban J connectivity index is 1.95. The second-order valence-corrected chi connectivity index (χ2v) is 7.91. The summed E-state index contributed by atoms with van der Waals surface area (Å²) < 4.78 is 51.1. The summed E-state index contributed by atoms with van der Waals surface area (Å²) in [5.41, 5.74) is 0.666. The highest BCUT2D eigenvalue weighted by Crippen LogP contribution is 2.21. The van der Waals surface area contributed by atoms with Gasteiger partial charge >= 0.3 is 0 Å². The van der Waals surface area contributed by atoms with Crippen molar-refractivity contribution in [1.82, 2.24) is 0 Å². The number of halogens is 3. The standard InChI is InChI=1S/C17H17ClF2N2O3S/c1-26(24,25)22(14-7-4-12(19)5-8-14)10-2-3-17(23)21-13-6-9-16(20)15(18)11-13/h4-9,11H,2-3,10H2,1H3,(H,21,23). The largest absolute Gasteiger partial charge is 0.326 e. The average Bonchev–Trinajstić information content (AvgIpc) is 2.55. The molecule has 0 aliphatic rings. The van der Waals surface area contributed by atoms with Crippen LogP contribution in [0.15, 0.2) is 42.5 Å². The maximum atomic E-state index is 13.1. The highest BCUT2D eigenvalue weighted by Gasteiger charge is 2.17. The summed E-state index contributed by atoms with van der Waals surface area (Å²) >= 11 is 5.65. The van der Waals surface area contributed by atoms with Gasteiger partial charge in [0.2, 0.25) is 15.9 Å². The number of carbonyl (C=O) groups is 1. The van der Waals surface area contributed by atoms with Crippen LogP contribution in [0.2, 0.25) is 5.02 Å². The lowest BCUT2D eigenvalue weighted by Crippen LogP contribution is -2.31. The van der Waals surface area contributed by atoms with Crippen molar-refractivity contribution in [2.45, 2.75) is 12.8 Å². The Morgan fingerprint density at radius 3 is 2.38 bits per heavy atom. The van der Waals surface area contributed by atoms with Crippen LogP contribution in [0.3, 0.4) is 0 Å². The first-order valence-corrected chi connectivity index (χ1v) is 9.87. The zero-order chi connectivity index (χ0) is 19.3. The second-order valence-electron chi connectivity index (χ2n) is 5.59. The van der Waals surface area contributed by atoms with Gasteiger partial charge in [-0.25, -0.2) is 17.2 Å². The second kappa shape index (κ2) is 8.46. The summed E-state index contributed by atoms with van der Waals surface area (Å²) in [5, 5.41) is 2.45. The molecular weight excluding hydrogens is 386 g/mol. The van der Waals surface area contributed by atoms with E-state index in [1.165, 1.54) is 36.4 Å². The quantitative estimate of drug-likeness (QED) is 0.766. The predicted octanol–water partition coefficient (Wildman–Crippen LogP) is 3.80. The molecule has 0 unspecified atom stereocenters. The van der Waals surface area contributed by atoms with Crippen molar-refractivity contribution in [3.8, 4) is 0 Å². The number of anilines is 2. The average molecular weight is 403 g/mol. The van der Waals surface area contributed by atoms with Crippen molar-refractivity contribution in [3.63, 3.8) is 0 Å². The van der Waals surface area contributed by atoms with E-state index in [0.717, 1.165) is 16.6 Å². The Labute approximate surface area is 155 Å². The lowest BCUT2D eigenvalue weighted by atomic mass is 10.2.